The van der Waals surface area contributed by atoms with E-state index in [9.17, 15) is 14.7 Å². The van der Waals surface area contributed by atoms with Crippen molar-refractivity contribution in [3.63, 3.8) is 0 Å². The third-order valence-electron chi connectivity index (χ3n) is 2.23. The zero-order valence-electron chi connectivity index (χ0n) is 7.78. The van der Waals surface area contributed by atoms with E-state index < -0.39 is 17.4 Å². The van der Waals surface area contributed by atoms with Gasteiger partial charge >= 0.3 is 11.8 Å². The van der Waals surface area contributed by atoms with Crippen molar-refractivity contribution in [1.29, 1.82) is 0 Å². The van der Waals surface area contributed by atoms with E-state index in [1.807, 2.05) is 0 Å². The average molecular weight is 202 g/mol. The summed E-state index contributed by atoms with van der Waals surface area (Å²) in [6, 6.07) is 0. The minimum atomic E-state index is -1.04. The van der Waals surface area contributed by atoms with E-state index in [-0.39, 0.29) is 6.54 Å². The molecule has 80 valence electrons. The number of nitrogens with two attached hydrogens (primary N) is 1. The minimum Gasteiger partial charge on any atom is -0.388 e. The van der Waals surface area contributed by atoms with Crippen molar-refractivity contribution in [3.8, 4) is 0 Å². The summed E-state index contributed by atoms with van der Waals surface area (Å²) >= 11 is 0. The molecular weight excluding hydrogens is 188 g/mol. The Bertz CT molecular complexity index is 235. The second-order valence-electron chi connectivity index (χ2n) is 3.38. The number of nitrogens with one attached hydrogen (secondary N) is 1. The third kappa shape index (κ3) is 2.97. The van der Waals surface area contributed by atoms with Gasteiger partial charge in [0.15, 0.2) is 0 Å². The molecule has 6 heteroatoms. The molecule has 0 aliphatic carbocycles. The lowest BCUT2D eigenvalue weighted by atomic mass is 9.94. The normalized spacial score (nSPS) is 20.1. The van der Waals surface area contributed by atoms with Gasteiger partial charge in [0.25, 0.3) is 0 Å². The molecule has 0 aromatic carbocycles. The fraction of sp³-hybridized carbons (Fsp3) is 0.750. The molecule has 0 unspecified atom stereocenters. The number of carbonyl (C=O) groups is 2. The molecule has 6 nitrogen and oxygen atoms in total. The molecule has 0 spiro atoms. The maximum Gasteiger partial charge on any atom is 0.309 e. The number of primary amides is 1. The van der Waals surface area contributed by atoms with Crippen LogP contribution in [0.4, 0.5) is 0 Å². The van der Waals surface area contributed by atoms with Gasteiger partial charge in [-0.1, -0.05) is 0 Å². The molecule has 2 amide bonds. The first-order chi connectivity index (χ1) is 6.53. The summed E-state index contributed by atoms with van der Waals surface area (Å²) in [5, 5.41) is 12.1. The maximum atomic E-state index is 10.8. The molecule has 1 saturated heterocycles. The van der Waals surface area contributed by atoms with Crippen LogP contribution in [0.2, 0.25) is 0 Å². The standard InChI is InChI=1S/C8H14N2O4/c9-6(11)7(12)10-5-8(13)1-3-14-4-2-8/h13H,1-5H2,(H2,9,11)(H,10,12). The highest BCUT2D eigenvalue weighted by atomic mass is 16.5. The zero-order valence-corrected chi connectivity index (χ0v) is 7.78. The van der Waals surface area contributed by atoms with Crippen LogP contribution in [-0.4, -0.2) is 42.3 Å². The Kier molecular flexibility index (Phi) is 3.43. The number of rotatable bonds is 2. The molecule has 1 rings (SSSR count). The Morgan fingerprint density at radius 1 is 1.43 bits per heavy atom. The summed E-state index contributed by atoms with van der Waals surface area (Å²) in [6.07, 6.45) is 0.901. The summed E-state index contributed by atoms with van der Waals surface area (Å²) in [5.41, 5.74) is 3.77. The lowest BCUT2D eigenvalue weighted by molar-refractivity contribution is -0.138. The van der Waals surface area contributed by atoms with Crippen LogP contribution in [-0.2, 0) is 14.3 Å². The Morgan fingerprint density at radius 3 is 2.50 bits per heavy atom. The molecule has 1 heterocycles. The molecular formula is C8H14N2O4. The van der Waals surface area contributed by atoms with Crippen molar-refractivity contribution in [2.24, 2.45) is 5.73 Å². The Morgan fingerprint density at radius 2 is 2.00 bits per heavy atom. The van der Waals surface area contributed by atoms with E-state index in [0.29, 0.717) is 26.1 Å². The first-order valence-electron chi connectivity index (χ1n) is 4.41. The van der Waals surface area contributed by atoms with Gasteiger partial charge in [-0.05, 0) is 0 Å². The summed E-state index contributed by atoms with van der Waals surface area (Å²) < 4.78 is 5.05. The third-order valence-corrected chi connectivity index (χ3v) is 2.23. The first-order valence-corrected chi connectivity index (χ1v) is 4.41. The van der Waals surface area contributed by atoms with E-state index in [1.165, 1.54) is 0 Å². The smallest absolute Gasteiger partial charge is 0.309 e. The number of aliphatic hydroxyl groups is 1. The van der Waals surface area contributed by atoms with Crippen molar-refractivity contribution < 1.29 is 19.4 Å². The van der Waals surface area contributed by atoms with Gasteiger partial charge in [0.1, 0.15) is 0 Å². The molecule has 0 aromatic rings. The average Bonchev–Trinajstić information content (AvgIpc) is 2.15. The van der Waals surface area contributed by atoms with Crippen molar-refractivity contribution in [3.05, 3.63) is 0 Å². The minimum absolute atomic E-state index is 0.0398. The van der Waals surface area contributed by atoms with E-state index in [2.05, 4.69) is 5.32 Å². The lowest BCUT2D eigenvalue weighted by Gasteiger charge is -2.31. The number of amides is 2. The van der Waals surface area contributed by atoms with Gasteiger partial charge in [-0.25, -0.2) is 0 Å². The first kappa shape index (κ1) is 10.9. The fourth-order valence-electron chi connectivity index (χ4n) is 1.26. The molecule has 4 N–H and O–H groups in total. The van der Waals surface area contributed by atoms with Crippen LogP contribution in [0, 0.1) is 0 Å². The van der Waals surface area contributed by atoms with Gasteiger partial charge in [-0.2, -0.15) is 0 Å². The van der Waals surface area contributed by atoms with Crippen LogP contribution in [0.15, 0.2) is 0 Å². The second-order valence-corrected chi connectivity index (χ2v) is 3.38. The van der Waals surface area contributed by atoms with Crippen LogP contribution < -0.4 is 11.1 Å². The highest BCUT2D eigenvalue weighted by molar-refractivity contribution is 6.34. The second kappa shape index (κ2) is 4.39. The summed E-state index contributed by atoms with van der Waals surface area (Å²) in [5.74, 6) is -1.91. The quantitative estimate of drug-likeness (QED) is 0.456. The Balaban J connectivity index is 2.35. The summed E-state index contributed by atoms with van der Waals surface area (Å²) in [4.78, 5) is 21.2. The number of carbonyl (C=O) groups excluding carboxylic acids is 2. The van der Waals surface area contributed by atoms with Gasteiger partial charge in [0.2, 0.25) is 0 Å². The molecule has 0 saturated carbocycles. The van der Waals surface area contributed by atoms with Gasteiger partial charge in [0, 0.05) is 32.6 Å². The fourth-order valence-corrected chi connectivity index (χ4v) is 1.26. The van der Waals surface area contributed by atoms with Gasteiger partial charge in [-0.15, -0.1) is 0 Å². The molecule has 1 aliphatic heterocycles. The van der Waals surface area contributed by atoms with Crippen LogP contribution in [0.1, 0.15) is 12.8 Å². The van der Waals surface area contributed by atoms with Gasteiger partial charge < -0.3 is 20.9 Å². The van der Waals surface area contributed by atoms with E-state index in [1.54, 1.807) is 0 Å². The van der Waals surface area contributed by atoms with Crippen LogP contribution in [0.5, 0.6) is 0 Å². The van der Waals surface area contributed by atoms with Crippen molar-refractivity contribution in [2.45, 2.75) is 18.4 Å². The Hall–Kier alpha value is -1.14. The molecule has 0 aromatic heterocycles. The molecule has 0 atom stereocenters. The van der Waals surface area contributed by atoms with Crippen LogP contribution in [0.25, 0.3) is 0 Å². The van der Waals surface area contributed by atoms with E-state index >= 15 is 0 Å². The topological polar surface area (TPSA) is 102 Å². The molecule has 1 aliphatic rings. The monoisotopic (exact) mass is 202 g/mol. The summed E-state index contributed by atoms with van der Waals surface area (Å²) in [6.45, 7) is 0.962. The predicted molar refractivity (Wildman–Crippen MR) is 47.2 cm³/mol. The van der Waals surface area contributed by atoms with Crippen molar-refractivity contribution in [1.82, 2.24) is 5.32 Å². The number of hydrogen-bond acceptors (Lipinski definition) is 4. The zero-order chi connectivity index (χ0) is 10.6. The number of ether oxygens (including phenoxy) is 1. The van der Waals surface area contributed by atoms with E-state index in [4.69, 9.17) is 10.5 Å². The predicted octanol–water partition coefficient (Wildman–Crippen LogP) is -1.87. The molecule has 0 radical (unpaired) electrons. The highest BCUT2D eigenvalue weighted by Gasteiger charge is 2.30. The molecule has 0 bridgehead atoms. The lowest BCUT2D eigenvalue weighted by Crippen LogP contribution is -2.49. The van der Waals surface area contributed by atoms with Crippen molar-refractivity contribution >= 4 is 11.8 Å². The number of hydrogen-bond donors (Lipinski definition) is 3. The highest BCUT2D eigenvalue weighted by Crippen LogP contribution is 2.18. The summed E-state index contributed by atoms with van der Waals surface area (Å²) in [7, 11) is 0. The van der Waals surface area contributed by atoms with Crippen molar-refractivity contribution in [2.75, 3.05) is 19.8 Å². The van der Waals surface area contributed by atoms with Crippen LogP contribution in [0.3, 0.4) is 0 Å². The SMILES string of the molecule is NC(=O)C(=O)NCC1(O)CCOCC1. The van der Waals surface area contributed by atoms with Gasteiger partial charge in [-0.3, -0.25) is 9.59 Å². The maximum absolute atomic E-state index is 10.8. The largest absolute Gasteiger partial charge is 0.388 e. The Labute approximate surface area is 81.4 Å². The molecule has 1 fully saturated rings. The van der Waals surface area contributed by atoms with Crippen LogP contribution >= 0.6 is 0 Å². The van der Waals surface area contributed by atoms with E-state index in [0.717, 1.165) is 0 Å². The van der Waals surface area contributed by atoms with Gasteiger partial charge in [0.05, 0.1) is 5.60 Å². The molecule has 14 heavy (non-hydrogen) atoms.